The summed E-state index contributed by atoms with van der Waals surface area (Å²) in [6.07, 6.45) is 6.53. The summed E-state index contributed by atoms with van der Waals surface area (Å²) >= 11 is 0. The molecule has 1 aromatic carbocycles. The highest BCUT2D eigenvalue weighted by Gasteiger charge is 2.04. The van der Waals surface area contributed by atoms with Crippen LogP contribution in [-0.2, 0) is 13.5 Å². The van der Waals surface area contributed by atoms with Crippen molar-refractivity contribution in [3.8, 4) is 11.1 Å². The minimum absolute atomic E-state index is 1.15. The van der Waals surface area contributed by atoms with E-state index >= 15 is 0 Å². The first-order valence-corrected chi connectivity index (χ1v) is 5.85. The smallest absolute Gasteiger partial charge is 0.169 e. The van der Waals surface area contributed by atoms with E-state index in [1.54, 1.807) is 0 Å². The van der Waals surface area contributed by atoms with Gasteiger partial charge in [-0.15, -0.1) is 0 Å². The zero-order chi connectivity index (χ0) is 11.4. The maximum atomic E-state index is 2.23. The molecule has 16 heavy (non-hydrogen) atoms. The Labute approximate surface area is 97.4 Å². The summed E-state index contributed by atoms with van der Waals surface area (Å²) in [7, 11) is 2.04. The molecule has 0 atom stereocenters. The van der Waals surface area contributed by atoms with Gasteiger partial charge in [0.15, 0.2) is 12.4 Å². The summed E-state index contributed by atoms with van der Waals surface area (Å²) in [6.45, 7) is 2.22. The van der Waals surface area contributed by atoms with Crippen LogP contribution in [0.5, 0.6) is 0 Å². The first-order chi connectivity index (χ1) is 7.81. The van der Waals surface area contributed by atoms with Gasteiger partial charge in [-0.05, 0) is 23.1 Å². The maximum Gasteiger partial charge on any atom is 0.169 e. The molecule has 0 aliphatic rings. The molecule has 0 radical (unpaired) electrons. The third-order valence-corrected chi connectivity index (χ3v) is 2.83. The summed E-state index contributed by atoms with van der Waals surface area (Å²) < 4.78 is 2.06. The van der Waals surface area contributed by atoms with Gasteiger partial charge in [0.25, 0.3) is 0 Å². The van der Waals surface area contributed by atoms with Crippen molar-refractivity contribution in [2.45, 2.75) is 19.8 Å². The van der Waals surface area contributed by atoms with Crippen LogP contribution >= 0.6 is 0 Å². The first kappa shape index (κ1) is 10.9. The second-order valence-corrected chi connectivity index (χ2v) is 4.16. The van der Waals surface area contributed by atoms with E-state index in [1.165, 1.54) is 23.1 Å². The number of rotatable bonds is 3. The van der Waals surface area contributed by atoms with Crippen molar-refractivity contribution in [2.24, 2.45) is 7.05 Å². The van der Waals surface area contributed by atoms with Crippen molar-refractivity contribution in [3.05, 3.63) is 54.4 Å². The SMILES string of the molecule is CCCc1ccccc1-c1cc[n+](C)cc1. The highest BCUT2D eigenvalue weighted by Crippen LogP contribution is 2.23. The summed E-state index contributed by atoms with van der Waals surface area (Å²) in [6, 6.07) is 13.0. The molecule has 0 N–H and O–H groups in total. The third kappa shape index (κ3) is 2.30. The predicted molar refractivity (Wildman–Crippen MR) is 67.0 cm³/mol. The summed E-state index contributed by atoms with van der Waals surface area (Å²) in [5.41, 5.74) is 4.12. The number of aromatic nitrogens is 1. The number of aryl methyl sites for hydroxylation is 2. The normalized spacial score (nSPS) is 10.4. The van der Waals surface area contributed by atoms with Gasteiger partial charge in [0.05, 0.1) is 0 Å². The van der Waals surface area contributed by atoms with Gasteiger partial charge >= 0.3 is 0 Å². The molecule has 0 saturated heterocycles. The number of nitrogens with zero attached hydrogens (tertiary/aromatic N) is 1. The minimum atomic E-state index is 1.15. The van der Waals surface area contributed by atoms with E-state index in [0.29, 0.717) is 0 Å². The standard InChI is InChI=1S/C15H18N/c1-3-6-13-7-4-5-8-15(13)14-9-11-16(2)12-10-14/h4-5,7-12H,3,6H2,1-2H3/q+1. The summed E-state index contributed by atoms with van der Waals surface area (Å²) in [5, 5.41) is 0. The van der Waals surface area contributed by atoms with Gasteiger partial charge in [0.2, 0.25) is 0 Å². The Morgan fingerprint density at radius 3 is 2.38 bits per heavy atom. The fourth-order valence-electron chi connectivity index (χ4n) is 1.97. The molecule has 2 rings (SSSR count). The Hall–Kier alpha value is -1.63. The average molecular weight is 212 g/mol. The van der Waals surface area contributed by atoms with Crippen LogP contribution in [0.25, 0.3) is 11.1 Å². The van der Waals surface area contributed by atoms with E-state index in [0.717, 1.165) is 6.42 Å². The van der Waals surface area contributed by atoms with Crippen LogP contribution in [0.3, 0.4) is 0 Å². The lowest BCUT2D eigenvalue weighted by atomic mass is 9.98. The largest absolute Gasteiger partial charge is 0.208 e. The Kier molecular flexibility index (Phi) is 3.35. The molecule has 0 unspecified atom stereocenters. The summed E-state index contributed by atoms with van der Waals surface area (Å²) in [4.78, 5) is 0. The van der Waals surface area contributed by atoms with Gasteiger partial charge in [-0.1, -0.05) is 37.6 Å². The zero-order valence-corrected chi connectivity index (χ0v) is 9.98. The Bertz CT molecular complexity index is 457. The molecular formula is C15H18N+. The van der Waals surface area contributed by atoms with E-state index in [2.05, 4.69) is 60.3 Å². The van der Waals surface area contributed by atoms with E-state index < -0.39 is 0 Å². The quantitative estimate of drug-likeness (QED) is 0.688. The Balaban J connectivity index is 2.42. The van der Waals surface area contributed by atoms with Gasteiger partial charge in [-0.25, -0.2) is 4.57 Å². The Morgan fingerprint density at radius 1 is 1.00 bits per heavy atom. The van der Waals surface area contributed by atoms with Crippen molar-refractivity contribution < 1.29 is 4.57 Å². The highest BCUT2D eigenvalue weighted by molar-refractivity contribution is 5.66. The van der Waals surface area contributed by atoms with Crippen molar-refractivity contribution in [1.29, 1.82) is 0 Å². The molecule has 0 bridgehead atoms. The molecule has 0 spiro atoms. The van der Waals surface area contributed by atoms with Crippen LogP contribution in [0, 0.1) is 0 Å². The average Bonchev–Trinajstić information content (AvgIpc) is 2.32. The van der Waals surface area contributed by atoms with Gasteiger partial charge in [0, 0.05) is 12.1 Å². The van der Waals surface area contributed by atoms with Gasteiger partial charge in [0.1, 0.15) is 7.05 Å². The summed E-state index contributed by atoms with van der Waals surface area (Å²) in [5.74, 6) is 0. The lowest BCUT2D eigenvalue weighted by Crippen LogP contribution is -2.25. The van der Waals surface area contributed by atoms with Crippen LogP contribution in [0.1, 0.15) is 18.9 Å². The molecule has 1 heterocycles. The fraction of sp³-hybridized carbons (Fsp3) is 0.267. The topological polar surface area (TPSA) is 3.88 Å². The molecule has 1 heteroatoms. The van der Waals surface area contributed by atoms with Crippen LogP contribution in [0.15, 0.2) is 48.8 Å². The molecular weight excluding hydrogens is 194 g/mol. The lowest BCUT2D eigenvalue weighted by molar-refractivity contribution is -0.671. The maximum absolute atomic E-state index is 2.23. The molecule has 1 nitrogen and oxygen atoms in total. The van der Waals surface area contributed by atoms with E-state index in [4.69, 9.17) is 0 Å². The minimum Gasteiger partial charge on any atom is -0.208 e. The van der Waals surface area contributed by atoms with Gasteiger partial charge in [-0.3, -0.25) is 0 Å². The molecule has 82 valence electrons. The van der Waals surface area contributed by atoms with Crippen LogP contribution < -0.4 is 4.57 Å². The molecule has 0 amide bonds. The zero-order valence-electron chi connectivity index (χ0n) is 9.98. The predicted octanol–water partition coefficient (Wildman–Crippen LogP) is 3.13. The van der Waals surface area contributed by atoms with Gasteiger partial charge in [-0.2, -0.15) is 0 Å². The van der Waals surface area contributed by atoms with Crippen molar-refractivity contribution in [3.63, 3.8) is 0 Å². The van der Waals surface area contributed by atoms with Gasteiger partial charge < -0.3 is 0 Å². The number of hydrogen-bond acceptors (Lipinski definition) is 0. The molecule has 1 aromatic heterocycles. The van der Waals surface area contributed by atoms with Crippen molar-refractivity contribution in [2.75, 3.05) is 0 Å². The molecule has 2 aromatic rings. The van der Waals surface area contributed by atoms with E-state index in [-0.39, 0.29) is 0 Å². The number of benzene rings is 1. The lowest BCUT2D eigenvalue weighted by Gasteiger charge is -2.07. The van der Waals surface area contributed by atoms with Crippen LogP contribution in [-0.4, -0.2) is 0 Å². The fourth-order valence-corrected chi connectivity index (χ4v) is 1.97. The second-order valence-electron chi connectivity index (χ2n) is 4.16. The first-order valence-electron chi connectivity index (χ1n) is 5.85. The third-order valence-electron chi connectivity index (χ3n) is 2.83. The second kappa shape index (κ2) is 4.93. The molecule has 0 saturated carbocycles. The van der Waals surface area contributed by atoms with Crippen molar-refractivity contribution in [1.82, 2.24) is 0 Å². The number of hydrogen-bond donors (Lipinski definition) is 0. The van der Waals surface area contributed by atoms with E-state index in [9.17, 15) is 0 Å². The van der Waals surface area contributed by atoms with Crippen LogP contribution in [0.4, 0.5) is 0 Å². The molecule has 0 aliphatic heterocycles. The monoisotopic (exact) mass is 212 g/mol. The van der Waals surface area contributed by atoms with E-state index in [1.807, 2.05) is 7.05 Å². The van der Waals surface area contributed by atoms with Crippen LogP contribution in [0.2, 0.25) is 0 Å². The number of pyridine rings is 1. The van der Waals surface area contributed by atoms with Crippen molar-refractivity contribution >= 4 is 0 Å². The molecule has 0 aliphatic carbocycles. The highest BCUT2D eigenvalue weighted by atomic mass is 14.9. The Morgan fingerprint density at radius 2 is 1.69 bits per heavy atom. The molecule has 0 fully saturated rings.